The third-order valence-electron chi connectivity index (χ3n) is 3.62. The Balaban J connectivity index is 1.71. The number of hydrogen-bond donors (Lipinski definition) is 0. The van der Waals surface area contributed by atoms with Crippen LogP contribution in [0.4, 0.5) is 0 Å². The Bertz CT molecular complexity index is 427. The minimum atomic E-state index is 0.201. The highest BCUT2D eigenvalue weighted by Crippen LogP contribution is 2.22. The molecule has 1 aliphatic rings. The van der Waals surface area contributed by atoms with Gasteiger partial charge >= 0.3 is 0 Å². The average Bonchev–Trinajstić information content (AvgIpc) is 3.00. The zero-order valence-corrected chi connectivity index (χ0v) is 12.2. The van der Waals surface area contributed by atoms with Gasteiger partial charge in [-0.25, -0.2) is 0 Å². The van der Waals surface area contributed by atoms with E-state index in [2.05, 4.69) is 6.92 Å². The Morgan fingerprint density at radius 3 is 3.05 bits per heavy atom. The molecule has 2 heterocycles. The van der Waals surface area contributed by atoms with Gasteiger partial charge in [-0.15, -0.1) is 11.3 Å². The van der Waals surface area contributed by atoms with Crippen LogP contribution in [-0.2, 0) is 4.79 Å². The fourth-order valence-electron chi connectivity index (χ4n) is 2.66. The Kier molecular flexibility index (Phi) is 5.14. The Morgan fingerprint density at radius 2 is 2.37 bits per heavy atom. The molecule has 2 rings (SSSR count). The van der Waals surface area contributed by atoms with Crippen molar-refractivity contribution in [2.45, 2.75) is 39.0 Å². The molecule has 0 aliphatic carbocycles. The predicted octanol–water partition coefficient (Wildman–Crippen LogP) is 3.36. The molecule has 104 valence electrons. The van der Waals surface area contributed by atoms with Gasteiger partial charge in [-0.05, 0) is 30.2 Å². The Hall–Kier alpha value is -1.16. The predicted molar refractivity (Wildman–Crippen MR) is 77.5 cm³/mol. The zero-order chi connectivity index (χ0) is 13.7. The average molecular weight is 279 g/mol. The van der Waals surface area contributed by atoms with E-state index in [9.17, 15) is 9.59 Å². The number of carbonyl (C=O) groups is 2. The van der Waals surface area contributed by atoms with Gasteiger partial charge in [0.25, 0.3) is 0 Å². The molecular weight excluding hydrogens is 258 g/mol. The van der Waals surface area contributed by atoms with Crippen LogP contribution < -0.4 is 0 Å². The summed E-state index contributed by atoms with van der Waals surface area (Å²) in [6, 6.07) is 3.77. The molecule has 0 spiro atoms. The van der Waals surface area contributed by atoms with Crippen molar-refractivity contribution in [1.82, 2.24) is 4.90 Å². The van der Waals surface area contributed by atoms with Crippen LogP contribution in [-0.4, -0.2) is 29.7 Å². The fraction of sp³-hybridized carbons (Fsp3) is 0.600. The Labute approximate surface area is 118 Å². The molecule has 1 amide bonds. The number of likely N-dealkylation sites (tertiary alicyclic amines) is 1. The van der Waals surface area contributed by atoms with Crippen LogP contribution in [0.5, 0.6) is 0 Å². The summed E-state index contributed by atoms with van der Waals surface area (Å²) in [5.41, 5.74) is 0. The van der Waals surface area contributed by atoms with E-state index >= 15 is 0 Å². The van der Waals surface area contributed by atoms with Crippen molar-refractivity contribution < 1.29 is 9.59 Å². The molecule has 1 fully saturated rings. The lowest BCUT2D eigenvalue weighted by Gasteiger charge is -2.16. The minimum Gasteiger partial charge on any atom is -0.342 e. The van der Waals surface area contributed by atoms with Gasteiger partial charge in [0.1, 0.15) is 0 Å². The van der Waals surface area contributed by atoms with Crippen LogP contribution in [0, 0.1) is 5.92 Å². The maximum atomic E-state index is 11.8. The summed E-state index contributed by atoms with van der Waals surface area (Å²) in [5.74, 6) is 0.999. The highest BCUT2D eigenvalue weighted by molar-refractivity contribution is 7.12. The monoisotopic (exact) mass is 279 g/mol. The van der Waals surface area contributed by atoms with Crippen LogP contribution >= 0.6 is 11.3 Å². The first-order valence-electron chi connectivity index (χ1n) is 7.05. The van der Waals surface area contributed by atoms with Gasteiger partial charge in [0.05, 0.1) is 4.88 Å². The lowest BCUT2D eigenvalue weighted by molar-refractivity contribution is -0.127. The molecule has 0 saturated carbocycles. The Morgan fingerprint density at radius 1 is 1.53 bits per heavy atom. The maximum absolute atomic E-state index is 11.8. The number of thiophene rings is 1. The van der Waals surface area contributed by atoms with Gasteiger partial charge < -0.3 is 4.90 Å². The summed E-state index contributed by atoms with van der Waals surface area (Å²) < 4.78 is 0. The lowest BCUT2D eigenvalue weighted by atomic mass is 10.0. The van der Waals surface area contributed by atoms with Crippen LogP contribution in [0.15, 0.2) is 17.5 Å². The van der Waals surface area contributed by atoms with E-state index in [1.807, 2.05) is 22.4 Å². The van der Waals surface area contributed by atoms with Crippen molar-refractivity contribution in [1.29, 1.82) is 0 Å². The van der Waals surface area contributed by atoms with Crippen LogP contribution in [0.2, 0.25) is 0 Å². The molecule has 4 heteroatoms. The van der Waals surface area contributed by atoms with Gasteiger partial charge in [-0.3, -0.25) is 9.59 Å². The van der Waals surface area contributed by atoms with Crippen molar-refractivity contribution in [2.75, 3.05) is 13.1 Å². The number of nitrogens with zero attached hydrogens (tertiary/aromatic N) is 1. The molecule has 1 saturated heterocycles. The number of rotatable bonds is 7. The van der Waals surface area contributed by atoms with Crippen LogP contribution in [0.3, 0.4) is 0 Å². The molecular formula is C15H21NO2S. The number of ketones is 1. The molecule has 19 heavy (non-hydrogen) atoms. The minimum absolute atomic E-state index is 0.201. The van der Waals surface area contributed by atoms with E-state index < -0.39 is 0 Å². The summed E-state index contributed by atoms with van der Waals surface area (Å²) in [6.07, 6.45) is 4.30. The summed E-state index contributed by atoms with van der Waals surface area (Å²) >= 11 is 1.49. The lowest BCUT2D eigenvalue weighted by Crippen LogP contribution is -2.26. The summed E-state index contributed by atoms with van der Waals surface area (Å²) in [4.78, 5) is 26.4. The van der Waals surface area contributed by atoms with Gasteiger partial charge in [-0.1, -0.05) is 19.4 Å². The van der Waals surface area contributed by atoms with Crippen LogP contribution in [0.1, 0.15) is 48.7 Å². The quantitative estimate of drug-likeness (QED) is 0.718. The highest BCUT2D eigenvalue weighted by Gasteiger charge is 2.28. The van der Waals surface area contributed by atoms with Gasteiger partial charge in [-0.2, -0.15) is 0 Å². The fourth-order valence-corrected chi connectivity index (χ4v) is 3.36. The molecule has 1 unspecified atom stereocenters. The molecule has 0 radical (unpaired) electrons. The maximum Gasteiger partial charge on any atom is 0.222 e. The number of carbonyl (C=O) groups excluding carboxylic acids is 2. The molecule has 0 N–H and O–H groups in total. The SMILES string of the molecule is CCCC1CC(=O)N(CCCC(=O)c2cccs2)C1. The van der Waals surface area contributed by atoms with Gasteiger partial charge in [0.15, 0.2) is 5.78 Å². The van der Waals surface area contributed by atoms with E-state index in [0.29, 0.717) is 18.8 Å². The molecule has 0 bridgehead atoms. The highest BCUT2D eigenvalue weighted by atomic mass is 32.1. The smallest absolute Gasteiger partial charge is 0.222 e. The second-order valence-corrected chi connectivity index (χ2v) is 6.15. The van der Waals surface area contributed by atoms with Crippen molar-refractivity contribution >= 4 is 23.0 Å². The number of amides is 1. The van der Waals surface area contributed by atoms with E-state index in [4.69, 9.17) is 0 Å². The molecule has 3 nitrogen and oxygen atoms in total. The first kappa shape index (κ1) is 14.3. The zero-order valence-electron chi connectivity index (χ0n) is 11.4. The van der Waals surface area contributed by atoms with Crippen molar-refractivity contribution in [2.24, 2.45) is 5.92 Å². The number of Topliss-reactive ketones (excluding diaryl/α,β-unsaturated/α-hetero) is 1. The molecule has 1 aromatic heterocycles. The van der Waals surface area contributed by atoms with E-state index in [-0.39, 0.29) is 11.7 Å². The van der Waals surface area contributed by atoms with Gasteiger partial charge in [0.2, 0.25) is 5.91 Å². The van der Waals surface area contributed by atoms with E-state index in [1.54, 1.807) is 0 Å². The molecule has 1 aliphatic heterocycles. The molecule has 1 aromatic rings. The largest absolute Gasteiger partial charge is 0.342 e. The summed E-state index contributed by atoms with van der Waals surface area (Å²) in [7, 11) is 0. The summed E-state index contributed by atoms with van der Waals surface area (Å²) in [5, 5.41) is 1.92. The normalized spacial score (nSPS) is 19.1. The third-order valence-corrected chi connectivity index (χ3v) is 4.53. The summed E-state index contributed by atoms with van der Waals surface area (Å²) in [6.45, 7) is 3.78. The second kappa shape index (κ2) is 6.85. The van der Waals surface area contributed by atoms with E-state index in [1.165, 1.54) is 11.3 Å². The van der Waals surface area contributed by atoms with Crippen molar-refractivity contribution in [3.63, 3.8) is 0 Å². The van der Waals surface area contributed by atoms with Gasteiger partial charge in [0, 0.05) is 25.9 Å². The third kappa shape index (κ3) is 3.90. The van der Waals surface area contributed by atoms with Crippen molar-refractivity contribution in [3.8, 4) is 0 Å². The van der Waals surface area contributed by atoms with Crippen LogP contribution in [0.25, 0.3) is 0 Å². The van der Waals surface area contributed by atoms with Crippen molar-refractivity contribution in [3.05, 3.63) is 22.4 Å². The molecule has 1 atom stereocenters. The first-order valence-corrected chi connectivity index (χ1v) is 7.93. The molecule has 0 aromatic carbocycles. The topological polar surface area (TPSA) is 37.4 Å². The standard InChI is InChI=1S/C15H21NO2S/c1-2-5-12-10-15(18)16(11-12)8-3-6-13(17)14-7-4-9-19-14/h4,7,9,12H,2-3,5-6,8,10-11H2,1H3. The number of hydrogen-bond acceptors (Lipinski definition) is 3. The van der Waals surface area contributed by atoms with E-state index in [0.717, 1.165) is 37.2 Å². The second-order valence-electron chi connectivity index (χ2n) is 5.20. The first-order chi connectivity index (χ1) is 9.20.